The topological polar surface area (TPSA) is 56.2 Å². The molecule has 0 atom stereocenters. The molecule has 36 heavy (non-hydrogen) atoms. The normalized spacial score (nSPS) is 11.2. The van der Waals surface area contributed by atoms with Gasteiger partial charge in [0.2, 0.25) is 0 Å². The van der Waals surface area contributed by atoms with Crippen LogP contribution in [0.5, 0.6) is 5.75 Å². The maximum atomic E-state index is 12.7. The Hall–Kier alpha value is -4.12. The number of aromatic nitrogens is 2. The lowest BCUT2D eigenvalue weighted by Gasteiger charge is -2.12. The summed E-state index contributed by atoms with van der Waals surface area (Å²) >= 11 is 0. The monoisotopic (exact) mass is 477 g/mol. The van der Waals surface area contributed by atoms with Crippen molar-refractivity contribution in [2.24, 2.45) is 0 Å². The van der Waals surface area contributed by atoms with Crippen molar-refractivity contribution in [2.75, 3.05) is 13.2 Å². The molecule has 0 saturated heterocycles. The second-order valence-corrected chi connectivity index (χ2v) is 9.17. The number of amides is 1. The first-order chi connectivity index (χ1) is 17.6. The highest BCUT2D eigenvalue weighted by Gasteiger charge is 2.13. The molecule has 182 valence electrons. The molecule has 5 rings (SSSR count). The van der Waals surface area contributed by atoms with Gasteiger partial charge in [-0.1, -0.05) is 66.2 Å². The quantitative estimate of drug-likeness (QED) is 0.255. The van der Waals surface area contributed by atoms with Crippen molar-refractivity contribution in [1.29, 1.82) is 0 Å². The fourth-order valence-corrected chi connectivity index (χ4v) is 4.74. The summed E-state index contributed by atoms with van der Waals surface area (Å²) in [7, 11) is 0. The lowest BCUT2D eigenvalue weighted by atomic mass is 10.1. The fraction of sp³-hybridized carbons (Fsp3) is 0.226. The van der Waals surface area contributed by atoms with Gasteiger partial charge in [0.1, 0.15) is 11.6 Å². The van der Waals surface area contributed by atoms with Crippen LogP contribution < -0.4 is 10.1 Å². The average molecular weight is 478 g/mol. The van der Waals surface area contributed by atoms with Crippen LogP contribution in [-0.2, 0) is 13.0 Å². The molecule has 1 N–H and O–H groups in total. The minimum absolute atomic E-state index is 0.0429. The molecule has 5 heteroatoms. The maximum Gasteiger partial charge on any atom is 0.251 e. The van der Waals surface area contributed by atoms with Crippen LogP contribution in [0.15, 0.2) is 84.9 Å². The molecule has 1 aromatic heterocycles. The third-order valence-corrected chi connectivity index (χ3v) is 6.53. The second kappa shape index (κ2) is 10.6. The molecule has 4 aromatic carbocycles. The number of carbonyl (C=O) groups excluding carboxylic acids is 1. The smallest absolute Gasteiger partial charge is 0.251 e. The molecule has 0 aliphatic carbocycles. The van der Waals surface area contributed by atoms with E-state index in [2.05, 4.69) is 34.1 Å². The van der Waals surface area contributed by atoms with Gasteiger partial charge in [0.15, 0.2) is 0 Å². The van der Waals surface area contributed by atoms with Gasteiger partial charge in [-0.05, 0) is 55.5 Å². The number of para-hydroxylation sites is 2. The largest absolute Gasteiger partial charge is 0.493 e. The standard InChI is InChI=1S/C31H31N3O2/c1-22-15-16-25(23(2)21-22)31(35)32-18-17-30-33-27-12-5-6-13-28(27)34(30)19-8-20-36-29-14-7-10-24-9-3-4-11-26(24)29/h3-7,9-16,21H,8,17-20H2,1-2H3,(H,32,35). The van der Waals surface area contributed by atoms with Crippen LogP contribution in [0.25, 0.3) is 21.8 Å². The number of ether oxygens (including phenoxy) is 1. The van der Waals surface area contributed by atoms with E-state index in [1.54, 1.807) is 0 Å². The third kappa shape index (κ3) is 5.10. The predicted octanol–water partition coefficient (Wildman–Crippen LogP) is 6.25. The highest BCUT2D eigenvalue weighted by molar-refractivity contribution is 5.95. The van der Waals surface area contributed by atoms with E-state index < -0.39 is 0 Å². The Bertz CT molecular complexity index is 1510. The van der Waals surface area contributed by atoms with E-state index in [1.165, 1.54) is 5.39 Å². The molecule has 1 heterocycles. The zero-order valence-corrected chi connectivity index (χ0v) is 20.8. The molecule has 0 bridgehead atoms. The van der Waals surface area contributed by atoms with Crippen molar-refractivity contribution in [3.63, 3.8) is 0 Å². The van der Waals surface area contributed by atoms with Gasteiger partial charge in [-0.15, -0.1) is 0 Å². The first-order valence-electron chi connectivity index (χ1n) is 12.5. The maximum absolute atomic E-state index is 12.7. The SMILES string of the molecule is Cc1ccc(C(=O)NCCc2nc3ccccc3n2CCCOc2cccc3ccccc23)c(C)c1. The van der Waals surface area contributed by atoms with Crippen molar-refractivity contribution in [2.45, 2.75) is 33.2 Å². The van der Waals surface area contributed by atoms with Crippen LogP contribution in [-0.4, -0.2) is 28.6 Å². The van der Waals surface area contributed by atoms with Crippen molar-refractivity contribution in [1.82, 2.24) is 14.9 Å². The summed E-state index contributed by atoms with van der Waals surface area (Å²) in [6, 6.07) is 28.5. The number of nitrogens with zero attached hydrogens (tertiary/aromatic N) is 2. The number of carbonyl (C=O) groups is 1. The van der Waals surface area contributed by atoms with Crippen LogP contribution >= 0.6 is 0 Å². The summed E-state index contributed by atoms with van der Waals surface area (Å²) in [6.07, 6.45) is 1.51. The van der Waals surface area contributed by atoms with Crippen molar-refractivity contribution in [3.05, 3.63) is 107 Å². The van der Waals surface area contributed by atoms with E-state index >= 15 is 0 Å². The minimum Gasteiger partial charge on any atom is -0.493 e. The van der Waals surface area contributed by atoms with Gasteiger partial charge < -0.3 is 14.6 Å². The van der Waals surface area contributed by atoms with Gasteiger partial charge in [-0.2, -0.15) is 0 Å². The van der Waals surface area contributed by atoms with Crippen molar-refractivity contribution in [3.8, 4) is 5.75 Å². The van der Waals surface area contributed by atoms with Gasteiger partial charge >= 0.3 is 0 Å². The molecule has 0 unspecified atom stereocenters. The van der Waals surface area contributed by atoms with Crippen molar-refractivity contribution < 1.29 is 9.53 Å². The molecule has 0 saturated carbocycles. The van der Waals surface area contributed by atoms with Gasteiger partial charge in [0.05, 0.1) is 17.6 Å². The molecule has 5 aromatic rings. The summed E-state index contributed by atoms with van der Waals surface area (Å²) < 4.78 is 8.41. The first-order valence-corrected chi connectivity index (χ1v) is 12.5. The second-order valence-electron chi connectivity index (χ2n) is 9.17. The minimum atomic E-state index is -0.0429. The third-order valence-electron chi connectivity index (χ3n) is 6.53. The Labute approximate surface area is 211 Å². The van der Waals surface area contributed by atoms with Crippen LogP contribution in [0.3, 0.4) is 0 Å². The van der Waals surface area contributed by atoms with E-state index in [-0.39, 0.29) is 5.91 Å². The lowest BCUT2D eigenvalue weighted by molar-refractivity contribution is 0.0953. The number of aryl methyl sites for hydroxylation is 3. The van der Waals surface area contributed by atoms with E-state index in [0.29, 0.717) is 19.6 Å². The molecule has 0 aliphatic rings. The Morgan fingerprint density at radius 2 is 1.75 bits per heavy atom. The molecular weight excluding hydrogens is 446 g/mol. The number of benzene rings is 4. The number of imidazole rings is 1. The van der Waals surface area contributed by atoms with Crippen LogP contribution in [0.1, 0.15) is 33.7 Å². The highest BCUT2D eigenvalue weighted by atomic mass is 16.5. The summed E-state index contributed by atoms with van der Waals surface area (Å²) in [4.78, 5) is 17.6. The average Bonchev–Trinajstić information content (AvgIpc) is 3.24. The molecular formula is C31H31N3O2. The molecule has 5 nitrogen and oxygen atoms in total. The number of rotatable bonds is 9. The van der Waals surface area contributed by atoms with Crippen LogP contribution in [0, 0.1) is 13.8 Å². The number of fused-ring (bicyclic) bond motifs is 2. The first kappa shape index (κ1) is 23.6. The van der Waals surface area contributed by atoms with Gasteiger partial charge in [-0.25, -0.2) is 4.98 Å². The summed E-state index contributed by atoms with van der Waals surface area (Å²) in [5.74, 6) is 1.85. The fourth-order valence-electron chi connectivity index (χ4n) is 4.74. The lowest BCUT2D eigenvalue weighted by Crippen LogP contribution is -2.27. The number of hydrogen-bond acceptors (Lipinski definition) is 3. The summed E-state index contributed by atoms with van der Waals surface area (Å²) in [6.45, 7) is 5.95. The molecule has 0 radical (unpaired) electrons. The van der Waals surface area contributed by atoms with Gasteiger partial charge in [0.25, 0.3) is 5.91 Å². The van der Waals surface area contributed by atoms with E-state index in [1.807, 2.05) is 74.5 Å². The summed E-state index contributed by atoms with van der Waals surface area (Å²) in [5.41, 5.74) is 4.95. The summed E-state index contributed by atoms with van der Waals surface area (Å²) in [5, 5.41) is 5.38. The Morgan fingerprint density at radius 3 is 2.64 bits per heavy atom. The van der Waals surface area contributed by atoms with Crippen molar-refractivity contribution >= 4 is 27.7 Å². The van der Waals surface area contributed by atoms with E-state index in [4.69, 9.17) is 9.72 Å². The van der Waals surface area contributed by atoms with Crippen LogP contribution in [0.4, 0.5) is 0 Å². The number of hydrogen-bond donors (Lipinski definition) is 1. The van der Waals surface area contributed by atoms with Crippen LogP contribution in [0.2, 0.25) is 0 Å². The molecule has 0 spiro atoms. The van der Waals surface area contributed by atoms with Gasteiger partial charge in [-0.3, -0.25) is 4.79 Å². The highest BCUT2D eigenvalue weighted by Crippen LogP contribution is 2.25. The molecule has 1 amide bonds. The Balaban J connectivity index is 1.23. The number of nitrogens with one attached hydrogen (secondary N) is 1. The Kier molecular flexibility index (Phi) is 6.99. The molecule has 0 fully saturated rings. The van der Waals surface area contributed by atoms with E-state index in [0.717, 1.165) is 57.6 Å². The zero-order chi connectivity index (χ0) is 24.9. The Morgan fingerprint density at radius 1 is 0.944 bits per heavy atom. The molecule has 0 aliphatic heterocycles. The van der Waals surface area contributed by atoms with Gasteiger partial charge in [0, 0.05) is 30.5 Å². The van der Waals surface area contributed by atoms with E-state index in [9.17, 15) is 4.79 Å². The zero-order valence-electron chi connectivity index (χ0n) is 20.8. The predicted molar refractivity (Wildman–Crippen MR) is 146 cm³/mol.